The summed E-state index contributed by atoms with van der Waals surface area (Å²) in [7, 11) is -3.36. The highest BCUT2D eigenvalue weighted by Gasteiger charge is 2.33. The van der Waals surface area contributed by atoms with Crippen LogP contribution in [0.4, 0.5) is 0 Å². The van der Waals surface area contributed by atoms with Crippen LogP contribution in [0.5, 0.6) is 0 Å². The van der Waals surface area contributed by atoms with Crippen LogP contribution in [0.3, 0.4) is 0 Å². The maximum absolute atomic E-state index is 12.7. The molecule has 1 aliphatic rings. The number of nitrogens with zero attached hydrogens (tertiary/aromatic N) is 1. The molecule has 0 saturated carbocycles. The normalized spacial score (nSPS) is 22.8. The van der Waals surface area contributed by atoms with Gasteiger partial charge in [0.1, 0.15) is 0 Å². The van der Waals surface area contributed by atoms with Crippen molar-refractivity contribution in [3.05, 3.63) is 71.8 Å². The van der Waals surface area contributed by atoms with Gasteiger partial charge in [0.15, 0.2) is 0 Å². The molecule has 0 aromatic heterocycles. The van der Waals surface area contributed by atoms with Crippen LogP contribution in [-0.2, 0) is 20.5 Å². The third-order valence-electron chi connectivity index (χ3n) is 3.98. The second kappa shape index (κ2) is 6.83. The van der Waals surface area contributed by atoms with Crippen molar-refractivity contribution in [3.63, 3.8) is 0 Å². The highest BCUT2D eigenvalue weighted by atomic mass is 32.2. The standard InChI is InChI=1S/C18H21NO3S/c1-15-12-19(13-18(22-15)17-10-6-3-7-11-17)23(20,21)14-16-8-4-2-5-9-16/h2-11,15,18H,12-14H2,1H3/t15-,18+/m0/s1. The van der Waals surface area contributed by atoms with E-state index in [9.17, 15) is 8.42 Å². The fraction of sp³-hybridized carbons (Fsp3) is 0.333. The van der Waals surface area contributed by atoms with Gasteiger partial charge in [0, 0.05) is 13.1 Å². The molecule has 2 aromatic carbocycles. The number of morpholine rings is 1. The summed E-state index contributed by atoms with van der Waals surface area (Å²) in [5.74, 6) is 0.0298. The topological polar surface area (TPSA) is 46.6 Å². The monoisotopic (exact) mass is 331 g/mol. The van der Waals surface area contributed by atoms with E-state index in [1.807, 2.05) is 67.6 Å². The zero-order chi connectivity index (χ0) is 16.3. The molecular weight excluding hydrogens is 310 g/mol. The smallest absolute Gasteiger partial charge is 0.218 e. The van der Waals surface area contributed by atoms with E-state index in [0.717, 1.165) is 11.1 Å². The highest BCUT2D eigenvalue weighted by molar-refractivity contribution is 7.88. The summed E-state index contributed by atoms with van der Waals surface area (Å²) in [6, 6.07) is 19.1. The van der Waals surface area contributed by atoms with Crippen molar-refractivity contribution in [2.45, 2.75) is 24.9 Å². The molecule has 1 saturated heterocycles. The maximum Gasteiger partial charge on any atom is 0.218 e. The van der Waals surface area contributed by atoms with Gasteiger partial charge in [-0.2, -0.15) is 4.31 Å². The number of sulfonamides is 1. The van der Waals surface area contributed by atoms with Crippen LogP contribution in [0.25, 0.3) is 0 Å². The van der Waals surface area contributed by atoms with Crippen molar-refractivity contribution in [1.29, 1.82) is 0 Å². The van der Waals surface area contributed by atoms with E-state index in [1.54, 1.807) is 4.31 Å². The number of ether oxygens (including phenoxy) is 1. The molecule has 2 atom stereocenters. The summed E-state index contributed by atoms with van der Waals surface area (Å²) in [5.41, 5.74) is 1.82. The molecule has 1 fully saturated rings. The molecule has 3 rings (SSSR count). The molecule has 1 heterocycles. The lowest BCUT2D eigenvalue weighted by atomic mass is 10.1. The minimum Gasteiger partial charge on any atom is -0.368 e. The molecule has 1 aliphatic heterocycles. The Morgan fingerprint density at radius 3 is 2.26 bits per heavy atom. The summed E-state index contributed by atoms with van der Waals surface area (Å²) in [4.78, 5) is 0. The van der Waals surface area contributed by atoms with Gasteiger partial charge in [0.05, 0.1) is 18.0 Å². The van der Waals surface area contributed by atoms with Gasteiger partial charge in [-0.3, -0.25) is 0 Å². The highest BCUT2D eigenvalue weighted by Crippen LogP contribution is 2.27. The fourth-order valence-corrected chi connectivity index (χ4v) is 4.46. The van der Waals surface area contributed by atoms with Crippen molar-refractivity contribution in [3.8, 4) is 0 Å². The summed E-state index contributed by atoms with van der Waals surface area (Å²) >= 11 is 0. The number of rotatable bonds is 4. The fourth-order valence-electron chi connectivity index (χ4n) is 2.87. The molecule has 0 unspecified atom stereocenters. The van der Waals surface area contributed by atoms with Gasteiger partial charge in [-0.1, -0.05) is 60.7 Å². The van der Waals surface area contributed by atoms with Gasteiger partial charge in [0.2, 0.25) is 10.0 Å². The molecule has 0 N–H and O–H groups in total. The Balaban J connectivity index is 1.78. The average molecular weight is 331 g/mol. The van der Waals surface area contributed by atoms with Crippen LogP contribution in [-0.4, -0.2) is 31.9 Å². The third kappa shape index (κ3) is 3.99. The van der Waals surface area contributed by atoms with E-state index in [-0.39, 0.29) is 18.0 Å². The van der Waals surface area contributed by atoms with Crippen LogP contribution in [0, 0.1) is 0 Å². The lowest BCUT2D eigenvalue weighted by Crippen LogP contribution is -2.46. The van der Waals surface area contributed by atoms with Crippen molar-refractivity contribution in [2.75, 3.05) is 13.1 Å². The Morgan fingerprint density at radius 2 is 1.61 bits per heavy atom. The molecule has 0 aliphatic carbocycles. The third-order valence-corrected chi connectivity index (χ3v) is 5.77. The Kier molecular flexibility index (Phi) is 4.80. The van der Waals surface area contributed by atoms with Gasteiger partial charge < -0.3 is 4.74 Å². The number of benzene rings is 2. The first-order chi connectivity index (χ1) is 11.0. The molecule has 5 heteroatoms. The van der Waals surface area contributed by atoms with Gasteiger partial charge in [-0.25, -0.2) is 8.42 Å². The molecule has 4 nitrogen and oxygen atoms in total. The van der Waals surface area contributed by atoms with Gasteiger partial charge in [-0.15, -0.1) is 0 Å². The maximum atomic E-state index is 12.7. The lowest BCUT2D eigenvalue weighted by Gasteiger charge is -2.36. The molecule has 2 aromatic rings. The predicted molar refractivity (Wildman–Crippen MR) is 90.4 cm³/mol. The Morgan fingerprint density at radius 1 is 1.00 bits per heavy atom. The van der Waals surface area contributed by atoms with E-state index in [4.69, 9.17) is 4.74 Å². The SMILES string of the molecule is C[C@H]1CN(S(=O)(=O)Cc2ccccc2)C[C@H](c2ccccc2)O1. The molecule has 0 bridgehead atoms. The number of hydrogen-bond acceptors (Lipinski definition) is 3. The Labute approximate surface area is 137 Å². The van der Waals surface area contributed by atoms with E-state index in [1.165, 1.54) is 0 Å². The predicted octanol–water partition coefficient (Wildman–Crippen LogP) is 2.98. The van der Waals surface area contributed by atoms with E-state index < -0.39 is 10.0 Å². The summed E-state index contributed by atoms with van der Waals surface area (Å²) in [6.07, 6.45) is -0.343. The second-order valence-electron chi connectivity index (χ2n) is 5.90. The molecular formula is C18H21NO3S. The number of hydrogen-bond donors (Lipinski definition) is 0. The van der Waals surface area contributed by atoms with Crippen molar-refractivity contribution >= 4 is 10.0 Å². The van der Waals surface area contributed by atoms with Crippen LogP contribution in [0.1, 0.15) is 24.2 Å². The van der Waals surface area contributed by atoms with Crippen LogP contribution in [0.2, 0.25) is 0 Å². The average Bonchev–Trinajstić information content (AvgIpc) is 2.56. The van der Waals surface area contributed by atoms with Crippen molar-refractivity contribution < 1.29 is 13.2 Å². The van der Waals surface area contributed by atoms with Gasteiger partial charge in [0.25, 0.3) is 0 Å². The molecule has 0 amide bonds. The zero-order valence-corrected chi connectivity index (χ0v) is 13.9. The quantitative estimate of drug-likeness (QED) is 0.865. The summed E-state index contributed by atoms with van der Waals surface area (Å²) in [5, 5.41) is 0. The minimum atomic E-state index is -3.36. The van der Waals surface area contributed by atoms with Crippen molar-refractivity contribution in [2.24, 2.45) is 0 Å². The first-order valence-electron chi connectivity index (χ1n) is 7.77. The first-order valence-corrected chi connectivity index (χ1v) is 9.38. The molecule has 0 spiro atoms. The van der Waals surface area contributed by atoms with Gasteiger partial charge in [-0.05, 0) is 18.1 Å². The van der Waals surface area contributed by atoms with E-state index >= 15 is 0 Å². The van der Waals surface area contributed by atoms with Crippen LogP contribution < -0.4 is 0 Å². The minimum absolute atomic E-state index is 0.0298. The summed E-state index contributed by atoms with van der Waals surface area (Å²) < 4.78 is 33.0. The van der Waals surface area contributed by atoms with Crippen LogP contribution >= 0.6 is 0 Å². The van der Waals surface area contributed by atoms with E-state index in [0.29, 0.717) is 13.1 Å². The lowest BCUT2D eigenvalue weighted by molar-refractivity contribution is -0.0557. The second-order valence-corrected chi connectivity index (χ2v) is 7.87. The molecule has 122 valence electrons. The Bertz CT molecular complexity index is 731. The van der Waals surface area contributed by atoms with E-state index in [2.05, 4.69) is 0 Å². The largest absolute Gasteiger partial charge is 0.368 e. The van der Waals surface area contributed by atoms with Crippen LogP contribution in [0.15, 0.2) is 60.7 Å². The Hall–Kier alpha value is -1.69. The molecule has 0 radical (unpaired) electrons. The van der Waals surface area contributed by atoms with Gasteiger partial charge >= 0.3 is 0 Å². The van der Waals surface area contributed by atoms with Crippen molar-refractivity contribution in [1.82, 2.24) is 4.31 Å². The zero-order valence-electron chi connectivity index (χ0n) is 13.1. The summed E-state index contributed by atoms with van der Waals surface area (Å²) in [6.45, 7) is 2.68. The molecule has 23 heavy (non-hydrogen) atoms. The first kappa shape index (κ1) is 16.2.